The van der Waals surface area contributed by atoms with Crippen molar-refractivity contribution in [2.24, 2.45) is 0 Å². The van der Waals surface area contributed by atoms with Gasteiger partial charge in [0.1, 0.15) is 0 Å². The average Bonchev–Trinajstić information content (AvgIpc) is 2.71. The van der Waals surface area contributed by atoms with Crippen LogP contribution in [-0.2, 0) is 0 Å². The van der Waals surface area contributed by atoms with Gasteiger partial charge in [0.05, 0.1) is 6.10 Å². The number of rotatable bonds is 2. The Morgan fingerprint density at radius 3 is 2.79 bits per heavy atom. The van der Waals surface area contributed by atoms with Gasteiger partial charge in [-0.25, -0.2) is 0 Å². The van der Waals surface area contributed by atoms with Gasteiger partial charge in [-0.15, -0.1) is 12.4 Å². The Hall–Kier alpha value is 0.170. The topological polar surface area (TPSA) is 35.5 Å². The Balaban J connectivity index is 0.000000980. The Morgan fingerprint density at radius 2 is 2.21 bits per heavy atom. The molecule has 1 unspecified atom stereocenters. The molecule has 0 aromatic rings. The lowest BCUT2D eigenvalue weighted by molar-refractivity contribution is 0.0740. The molecule has 0 aromatic carbocycles. The zero-order valence-electron chi connectivity index (χ0n) is 8.78. The quantitative estimate of drug-likeness (QED) is 0.716. The fourth-order valence-electron chi connectivity index (χ4n) is 2.72. The normalized spacial score (nSPS) is 38.6. The molecule has 2 N–H and O–H groups in total. The van der Waals surface area contributed by atoms with Gasteiger partial charge in [-0.05, 0) is 25.8 Å². The molecular formula is C10H21ClN2O. The summed E-state index contributed by atoms with van der Waals surface area (Å²) in [6, 6.07) is 1.10. The first-order valence-corrected chi connectivity index (χ1v) is 5.47. The first kappa shape index (κ1) is 12.2. The van der Waals surface area contributed by atoms with Gasteiger partial charge in [0.25, 0.3) is 0 Å². The highest BCUT2D eigenvalue weighted by atomic mass is 35.5. The number of hydrogen-bond acceptors (Lipinski definition) is 3. The lowest BCUT2D eigenvalue weighted by Gasteiger charge is -2.31. The molecule has 2 aliphatic heterocycles. The summed E-state index contributed by atoms with van der Waals surface area (Å²) in [6.07, 6.45) is 3.71. The molecule has 84 valence electrons. The Morgan fingerprint density at radius 1 is 1.43 bits per heavy atom. The molecule has 2 aliphatic rings. The number of likely N-dealkylation sites (tertiary alicyclic amines) is 1. The second-order valence-corrected chi connectivity index (χ2v) is 4.24. The molecule has 2 heterocycles. The smallest absolute Gasteiger partial charge is 0.0831 e. The molecule has 0 bridgehead atoms. The molecule has 0 radical (unpaired) electrons. The van der Waals surface area contributed by atoms with Crippen LogP contribution in [0.5, 0.6) is 0 Å². The van der Waals surface area contributed by atoms with Crippen LogP contribution >= 0.6 is 12.4 Å². The van der Waals surface area contributed by atoms with Crippen LogP contribution in [0.15, 0.2) is 0 Å². The molecule has 4 heteroatoms. The number of β-amino-alcohol motifs (C(OH)–C–C–N with tert-alkyl or cyclic N) is 1. The highest BCUT2D eigenvalue weighted by Crippen LogP contribution is 2.24. The van der Waals surface area contributed by atoms with E-state index in [0.29, 0.717) is 6.04 Å². The zero-order chi connectivity index (χ0) is 9.26. The third kappa shape index (κ3) is 2.22. The summed E-state index contributed by atoms with van der Waals surface area (Å²) >= 11 is 0. The zero-order valence-corrected chi connectivity index (χ0v) is 9.59. The predicted molar refractivity (Wildman–Crippen MR) is 59.9 cm³/mol. The molecular weight excluding hydrogens is 200 g/mol. The van der Waals surface area contributed by atoms with Gasteiger partial charge < -0.3 is 10.4 Å². The average molecular weight is 221 g/mol. The van der Waals surface area contributed by atoms with E-state index in [1.54, 1.807) is 0 Å². The first-order valence-electron chi connectivity index (χ1n) is 5.47. The van der Waals surface area contributed by atoms with Gasteiger partial charge in [0.2, 0.25) is 0 Å². The summed E-state index contributed by atoms with van der Waals surface area (Å²) in [5.74, 6) is 0. The van der Waals surface area contributed by atoms with E-state index in [0.717, 1.165) is 19.1 Å². The Bertz CT molecular complexity index is 180. The van der Waals surface area contributed by atoms with E-state index < -0.39 is 0 Å². The molecule has 3 atom stereocenters. The number of nitrogens with one attached hydrogen (secondary N) is 1. The van der Waals surface area contributed by atoms with E-state index in [9.17, 15) is 5.11 Å². The molecule has 2 fully saturated rings. The monoisotopic (exact) mass is 220 g/mol. The second-order valence-electron chi connectivity index (χ2n) is 4.24. The van der Waals surface area contributed by atoms with Crippen molar-refractivity contribution < 1.29 is 5.11 Å². The van der Waals surface area contributed by atoms with E-state index in [1.807, 2.05) is 0 Å². The molecule has 0 spiro atoms. The van der Waals surface area contributed by atoms with Crippen molar-refractivity contribution in [1.29, 1.82) is 0 Å². The largest absolute Gasteiger partial charge is 0.390 e. The highest BCUT2D eigenvalue weighted by Gasteiger charge is 2.36. The number of hydrogen-bond donors (Lipinski definition) is 2. The molecule has 14 heavy (non-hydrogen) atoms. The maximum absolute atomic E-state index is 9.76. The van der Waals surface area contributed by atoms with Crippen molar-refractivity contribution in [2.45, 2.75) is 44.4 Å². The molecule has 0 aromatic heterocycles. The van der Waals surface area contributed by atoms with Crippen molar-refractivity contribution in [1.82, 2.24) is 10.2 Å². The summed E-state index contributed by atoms with van der Waals surface area (Å²) in [5.41, 5.74) is 0. The molecule has 3 nitrogen and oxygen atoms in total. The van der Waals surface area contributed by atoms with Gasteiger partial charge in [0.15, 0.2) is 0 Å². The molecule has 0 saturated carbocycles. The van der Waals surface area contributed by atoms with Gasteiger partial charge >= 0.3 is 0 Å². The Kier molecular flexibility index (Phi) is 4.64. The summed E-state index contributed by atoms with van der Waals surface area (Å²) in [5, 5.41) is 13.0. The summed E-state index contributed by atoms with van der Waals surface area (Å²) < 4.78 is 0. The minimum atomic E-state index is -0.146. The third-order valence-electron chi connectivity index (χ3n) is 3.47. The standard InChI is InChI=1S/C10H20N2O.ClH/c1-2-8-4-3-5-12(8)9-6-11-7-10(9)13;/h8-11,13H,2-7H2,1H3;1H/t8?,9-,10-;/m1./s1. The van der Waals surface area contributed by atoms with Crippen molar-refractivity contribution in [3.63, 3.8) is 0 Å². The maximum atomic E-state index is 9.76. The summed E-state index contributed by atoms with van der Waals surface area (Å²) in [6.45, 7) is 5.18. The third-order valence-corrected chi connectivity index (χ3v) is 3.47. The van der Waals surface area contributed by atoms with Gasteiger partial charge in [-0.1, -0.05) is 6.92 Å². The summed E-state index contributed by atoms with van der Waals surface area (Å²) in [4.78, 5) is 2.50. The molecule has 2 saturated heterocycles. The van der Waals surface area contributed by atoms with Crippen molar-refractivity contribution in [2.75, 3.05) is 19.6 Å². The number of aliphatic hydroxyl groups excluding tert-OH is 1. The number of nitrogens with zero attached hydrogens (tertiary/aromatic N) is 1. The first-order chi connectivity index (χ1) is 6.33. The highest BCUT2D eigenvalue weighted by molar-refractivity contribution is 5.85. The van der Waals surface area contributed by atoms with E-state index in [4.69, 9.17) is 0 Å². The fourth-order valence-corrected chi connectivity index (χ4v) is 2.72. The van der Waals surface area contributed by atoms with Gasteiger partial charge in [0, 0.05) is 25.2 Å². The van der Waals surface area contributed by atoms with Gasteiger partial charge in [-0.2, -0.15) is 0 Å². The maximum Gasteiger partial charge on any atom is 0.0831 e. The van der Waals surface area contributed by atoms with Crippen LogP contribution in [0.1, 0.15) is 26.2 Å². The lowest BCUT2D eigenvalue weighted by Crippen LogP contribution is -2.45. The molecule has 0 amide bonds. The van der Waals surface area contributed by atoms with Crippen LogP contribution in [0, 0.1) is 0 Å². The van der Waals surface area contributed by atoms with E-state index in [2.05, 4.69) is 17.1 Å². The van der Waals surface area contributed by atoms with Crippen molar-refractivity contribution in [3.8, 4) is 0 Å². The van der Waals surface area contributed by atoms with Crippen LogP contribution in [0.25, 0.3) is 0 Å². The second kappa shape index (κ2) is 5.31. The Labute approximate surface area is 92.3 Å². The minimum Gasteiger partial charge on any atom is -0.390 e. The van der Waals surface area contributed by atoms with Crippen molar-refractivity contribution >= 4 is 12.4 Å². The van der Waals surface area contributed by atoms with Crippen LogP contribution in [0.3, 0.4) is 0 Å². The van der Waals surface area contributed by atoms with E-state index >= 15 is 0 Å². The number of halogens is 1. The molecule has 2 rings (SSSR count). The van der Waals surface area contributed by atoms with Crippen LogP contribution in [0.4, 0.5) is 0 Å². The van der Waals surface area contributed by atoms with Crippen LogP contribution in [0.2, 0.25) is 0 Å². The van der Waals surface area contributed by atoms with Crippen LogP contribution < -0.4 is 5.32 Å². The lowest BCUT2D eigenvalue weighted by atomic mass is 10.1. The SMILES string of the molecule is CCC1CCCN1[C@@H]1CNC[C@H]1O.Cl. The predicted octanol–water partition coefficient (Wildman–Crippen LogP) is 0.615. The van der Waals surface area contributed by atoms with Crippen LogP contribution in [-0.4, -0.2) is 47.8 Å². The van der Waals surface area contributed by atoms with Crippen molar-refractivity contribution in [3.05, 3.63) is 0 Å². The molecule has 0 aliphatic carbocycles. The fraction of sp³-hybridized carbons (Fsp3) is 1.00. The van der Waals surface area contributed by atoms with E-state index in [-0.39, 0.29) is 18.5 Å². The number of aliphatic hydroxyl groups is 1. The van der Waals surface area contributed by atoms with E-state index in [1.165, 1.54) is 25.8 Å². The summed E-state index contributed by atoms with van der Waals surface area (Å²) in [7, 11) is 0. The minimum absolute atomic E-state index is 0. The van der Waals surface area contributed by atoms with Gasteiger partial charge in [-0.3, -0.25) is 4.90 Å².